The third-order valence-electron chi connectivity index (χ3n) is 6.26. The molecule has 0 unspecified atom stereocenters. The Kier molecular flexibility index (Phi) is 5.01. The Morgan fingerprint density at radius 1 is 1.11 bits per heavy atom. The number of hydrogen-bond acceptors (Lipinski definition) is 2. The molecule has 5 rings (SSSR count). The lowest BCUT2D eigenvalue weighted by molar-refractivity contribution is -0.116. The van der Waals surface area contributed by atoms with Gasteiger partial charge in [0, 0.05) is 24.2 Å². The van der Waals surface area contributed by atoms with Crippen LogP contribution in [0, 0.1) is 23.6 Å². The molecule has 0 aliphatic heterocycles. The Morgan fingerprint density at radius 2 is 1.74 bits per heavy atom. The van der Waals surface area contributed by atoms with Crippen LogP contribution in [0.1, 0.15) is 44.9 Å². The molecule has 1 aromatic carbocycles. The summed E-state index contributed by atoms with van der Waals surface area (Å²) in [5, 5.41) is 8.62. The molecule has 4 aliphatic rings. The average molecular weight is 394 g/mol. The first kappa shape index (κ1) is 18.5. The molecule has 0 aromatic heterocycles. The highest BCUT2D eigenvalue weighted by Gasteiger charge is 2.51. The molecular formula is C20H25ClFN3O2. The average Bonchev–Trinajstić information content (AvgIpc) is 2.56. The first-order valence-corrected chi connectivity index (χ1v) is 10.1. The number of carbonyl (C=O) groups is 2. The van der Waals surface area contributed by atoms with Crippen molar-refractivity contribution < 1.29 is 14.0 Å². The van der Waals surface area contributed by atoms with E-state index in [0.717, 1.165) is 37.0 Å². The van der Waals surface area contributed by atoms with Gasteiger partial charge in [0.25, 0.3) is 0 Å². The normalized spacial score (nSPS) is 30.8. The molecule has 3 amide bonds. The maximum absolute atomic E-state index is 13.4. The number of hydrogen-bond donors (Lipinski definition) is 3. The number of benzene rings is 1. The summed E-state index contributed by atoms with van der Waals surface area (Å²) < 4.78 is 13.4. The second-order valence-electron chi connectivity index (χ2n) is 8.51. The van der Waals surface area contributed by atoms with Crippen molar-refractivity contribution in [2.75, 3.05) is 11.9 Å². The fourth-order valence-electron chi connectivity index (χ4n) is 5.64. The van der Waals surface area contributed by atoms with Gasteiger partial charge in [0.2, 0.25) is 5.91 Å². The lowest BCUT2D eigenvalue weighted by atomic mass is 9.53. The van der Waals surface area contributed by atoms with Gasteiger partial charge >= 0.3 is 6.03 Å². The van der Waals surface area contributed by atoms with Gasteiger partial charge in [-0.2, -0.15) is 0 Å². The summed E-state index contributed by atoms with van der Waals surface area (Å²) >= 11 is 5.62. The first-order chi connectivity index (χ1) is 12.9. The predicted molar refractivity (Wildman–Crippen MR) is 102 cm³/mol. The second-order valence-corrected chi connectivity index (χ2v) is 8.91. The Morgan fingerprint density at radius 3 is 2.33 bits per heavy atom. The van der Waals surface area contributed by atoms with E-state index in [1.54, 1.807) is 0 Å². The highest BCUT2D eigenvalue weighted by Crippen LogP contribution is 2.55. The molecule has 0 radical (unpaired) electrons. The Hall–Kier alpha value is -1.82. The van der Waals surface area contributed by atoms with Crippen LogP contribution in [0.3, 0.4) is 0 Å². The van der Waals surface area contributed by atoms with Gasteiger partial charge in [-0.15, -0.1) is 0 Å². The van der Waals surface area contributed by atoms with Crippen LogP contribution < -0.4 is 16.0 Å². The maximum atomic E-state index is 13.4. The van der Waals surface area contributed by atoms with Crippen LogP contribution in [-0.2, 0) is 4.79 Å². The summed E-state index contributed by atoms with van der Waals surface area (Å²) in [6.45, 7) is 0.236. The number of nitrogens with one attached hydrogen (secondary N) is 3. The SMILES string of the molecule is O=C(CCNC(=O)NC12CC3CC(CC(C3)C1)C2)Nc1ccc(Cl)c(F)c1. The monoisotopic (exact) mass is 393 g/mol. The molecule has 0 heterocycles. The van der Waals surface area contributed by atoms with Gasteiger partial charge in [-0.1, -0.05) is 11.6 Å². The zero-order valence-electron chi connectivity index (χ0n) is 15.2. The molecular weight excluding hydrogens is 369 g/mol. The fraction of sp³-hybridized carbons (Fsp3) is 0.600. The van der Waals surface area contributed by atoms with Crippen LogP contribution in [0.25, 0.3) is 0 Å². The zero-order valence-corrected chi connectivity index (χ0v) is 15.9. The third kappa shape index (κ3) is 4.21. The second kappa shape index (κ2) is 7.30. The highest BCUT2D eigenvalue weighted by atomic mass is 35.5. The summed E-state index contributed by atoms with van der Waals surface area (Å²) in [6, 6.07) is 3.91. The molecule has 4 saturated carbocycles. The van der Waals surface area contributed by atoms with Crippen molar-refractivity contribution in [3.63, 3.8) is 0 Å². The number of carbonyl (C=O) groups excluding carboxylic acids is 2. The van der Waals surface area contributed by atoms with Gasteiger partial charge < -0.3 is 16.0 Å². The van der Waals surface area contributed by atoms with Crippen molar-refractivity contribution in [2.24, 2.45) is 17.8 Å². The van der Waals surface area contributed by atoms with Crippen molar-refractivity contribution in [3.05, 3.63) is 29.0 Å². The third-order valence-corrected chi connectivity index (χ3v) is 6.56. The van der Waals surface area contributed by atoms with Crippen molar-refractivity contribution in [1.29, 1.82) is 0 Å². The maximum Gasteiger partial charge on any atom is 0.315 e. The van der Waals surface area contributed by atoms with E-state index in [4.69, 9.17) is 11.6 Å². The van der Waals surface area contributed by atoms with Gasteiger partial charge in [0.05, 0.1) is 5.02 Å². The van der Waals surface area contributed by atoms with E-state index >= 15 is 0 Å². The van der Waals surface area contributed by atoms with Gasteiger partial charge in [-0.25, -0.2) is 9.18 Å². The number of urea groups is 1. The van der Waals surface area contributed by atoms with Crippen LogP contribution in [0.5, 0.6) is 0 Å². The lowest BCUT2D eigenvalue weighted by Crippen LogP contribution is -2.61. The van der Waals surface area contributed by atoms with E-state index in [2.05, 4.69) is 16.0 Å². The molecule has 0 atom stereocenters. The summed E-state index contributed by atoms with van der Waals surface area (Å²) in [4.78, 5) is 24.3. The summed E-state index contributed by atoms with van der Waals surface area (Å²) in [6.07, 6.45) is 7.38. The molecule has 0 spiro atoms. The smallest absolute Gasteiger partial charge is 0.315 e. The van der Waals surface area contributed by atoms with Crippen molar-refractivity contribution >= 4 is 29.2 Å². The zero-order chi connectivity index (χ0) is 19.0. The molecule has 4 bridgehead atoms. The molecule has 27 heavy (non-hydrogen) atoms. The standard InChI is InChI=1S/C20H25ClFN3O2/c21-16-2-1-15(8-17(16)22)24-18(26)3-4-23-19(27)25-20-9-12-5-13(10-20)7-14(6-12)11-20/h1-2,8,12-14H,3-7,9-11H2,(H,24,26)(H2,23,25,27). The molecule has 146 valence electrons. The van der Waals surface area contributed by atoms with E-state index in [1.807, 2.05) is 0 Å². The van der Waals surface area contributed by atoms with Gasteiger partial charge in [-0.05, 0) is 74.5 Å². The predicted octanol–water partition coefficient (Wildman–Crippen LogP) is 4.08. The summed E-state index contributed by atoms with van der Waals surface area (Å²) in [7, 11) is 0. The Labute approximate surface area is 163 Å². The molecule has 0 saturated heterocycles. The molecule has 3 N–H and O–H groups in total. The van der Waals surface area contributed by atoms with Gasteiger partial charge in [0.15, 0.2) is 0 Å². The summed E-state index contributed by atoms with van der Waals surface area (Å²) in [5.41, 5.74) is 0.307. The van der Waals surface area contributed by atoms with Crippen molar-refractivity contribution in [1.82, 2.24) is 10.6 Å². The number of rotatable bonds is 5. The molecule has 1 aromatic rings. The quantitative estimate of drug-likeness (QED) is 0.705. The van der Waals surface area contributed by atoms with Crippen LogP contribution >= 0.6 is 11.6 Å². The molecule has 5 nitrogen and oxygen atoms in total. The van der Waals surface area contributed by atoms with Crippen molar-refractivity contribution in [3.8, 4) is 0 Å². The number of halogens is 2. The molecule has 7 heteroatoms. The minimum absolute atomic E-state index is 0.0102. The molecule has 4 aliphatic carbocycles. The van der Waals surface area contributed by atoms with Gasteiger partial charge in [-0.3, -0.25) is 4.79 Å². The van der Waals surface area contributed by atoms with Crippen molar-refractivity contribution in [2.45, 2.75) is 50.5 Å². The summed E-state index contributed by atoms with van der Waals surface area (Å²) in [5.74, 6) is 1.43. The fourth-order valence-corrected chi connectivity index (χ4v) is 5.75. The van der Waals surface area contributed by atoms with Crippen LogP contribution in [-0.4, -0.2) is 24.0 Å². The van der Waals surface area contributed by atoms with E-state index in [-0.39, 0.29) is 35.5 Å². The Balaban J connectivity index is 1.22. The van der Waals surface area contributed by atoms with E-state index in [1.165, 1.54) is 37.5 Å². The number of anilines is 1. The van der Waals surface area contributed by atoms with Crippen LogP contribution in [0.15, 0.2) is 18.2 Å². The minimum Gasteiger partial charge on any atom is -0.338 e. The largest absolute Gasteiger partial charge is 0.338 e. The van der Waals surface area contributed by atoms with E-state index in [9.17, 15) is 14.0 Å². The van der Waals surface area contributed by atoms with Gasteiger partial charge in [0.1, 0.15) is 5.82 Å². The Bertz CT molecular complexity index is 719. The topological polar surface area (TPSA) is 70.2 Å². The van der Waals surface area contributed by atoms with E-state index < -0.39 is 5.82 Å². The van der Waals surface area contributed by atoms with Crippen LogP contribution in [0.4, 0.5) is 14.9 Å². The first-order valence-electron chi connectivity index (χ1n) is 9.72. The number of amides is 3. The van der Waals surface area contributed by atoms with Crippen LogP contribution in [0.2, 0.25) is 5.02 Å². The molecule has 4 fully saturated rings. The minimum atomic E-state index is -0.581. The lowest BCUT2D eigenvalue weighted by Gasteiger charge is -2.56. The van der Waals surface area contributed by atoms with E-state index in [0.29, 0.717) is 5.69 Å². The highest BCUT2D eigenvalue weighted by molar-refractivity contribution is 6.30.